The highest BCUT2D eigenvalue weighted by molar-refractivity contribution is 6.31. The summed E-state index contributed by atoms with van der Waals surface area (Å²) in [6.07, 6.45) is 1.73. The first kappa shape index (κ1) is 18.1. The predicted octanol–water partition coefficient (Wildman–Crippen LogP) is 4.65. The maximum atomic E-state index is 10.9. The van der Waals surface area contributed by atoms with Gasteiger partial charge in [0.25, 0.3) is 5.89 Å². The van der Waals surface area contributed by atoms with Crippen molar-refractivity contribution in [1.29, 1.82) is 0 Å². The molecule has 1 unspecified atom stereocenters. The number of halogens is 1. The Hall–Kier alpha value is -2.73. The van der Waals surface area contributed by atoms with E-state index in [2.05, 4.69) is 15.1 Å². The van der Waals surface area contributed by atoms with E-state index < -0.39 is 5.97 Å². The number of aliphatic carboxylic acids is 1. The second kappa shape index (κ2) is 7.25. The van der Waals surface area contributed by atoms with Crippen molar-refractivity contribution in [1.82, 2.24) is 15.1 Å². The van der Waals surface area contributed by atoms with Crippen LogP contribution in [0, 0.1) is 13.8 Å². The van der Waals surface area contributed by atoms with Crippen LogP contribution in [0.3, 0.4) is 0 Å². The average molecular weight is 372 g/mol. The summed E-state index contributed by atoms with van der Waals surface area (Å²) in [5.74, 6) is -0.0713. The molecule has 0 saturated carbocycles. The highest BCUT2D eigenvalue weighted by atomic mass is 35.5. The Morgan fingerprint density at radius 3 is 2.73 bits per heavy atom. The minimum atomic E-state index is -0.813. The van der Waals surface area contributed by atoms with Crippen LogP contribution in [0.2, 0.25) is 5.02 Å². The van der Waals surface area contributed by atoms with Gasteiger partial charge in [0.1, 0.15) is 0 Å². The normalized spacial score (nSPS) is 12.2. The van der Waals surface area contributed by atoms with Crippen LogP contribution in [0.5, 0.6) is 0 Å². The molecular weight excluding hydrogens is 354 g/mol. The largest absolute Gasteiger partial charge is 0.481 e. The van der Waals surface area contributed by atoms with Gasteiger partial charge < -0.3 is 9.63 Å². The molecule has 7 heteroatoms. The first-order chi connectivity index (χ1) is 12.3. The Labute approximate surface area is 155 Å². The van der Waals surface area contributed by atoms with Gasteiger partial charge >= 0.3 is 5.97 Å². The Morgan fingerprint density at radius 2 is 2.08 bits per heavy atom. The Kier molecular flexibility index (Phi) is 5.04. The van der Waals surface area contributed by atoms with E-state index in [9.17, 15) is 4.79 Å². The lowest BCUT2D eigenvalue weighted by Crippen LogP contribution is -2.03. The molecule has 0 fully saturated rings. The van der Waals surface area contributed by atoms with Gasteiger partial charge in [-0.3, -0.25) is 9.78 Å². The Bertz CT molecular complexity index is 968. The summed E-state index contributed by atoms with van der Waals surface area (Å²) in [4.78, 5) is 19.5. The van der Waals surface area contributed by atoms with Gasteiger partial charge in [-0.25, -0.2) is 0 Å². The molecule has 0 saturated heterocycles. The fourth-order valence-corrected chi connectivity index (χ4v) is 2.86. The molecule has 1 atom stereocenters. The van der Waals surface area contributed by atoms with Crippen molar-refractivity contribution in [2.45, 2.75) is 33.1 Å². The van der Waals surface area contributed by atoms with Crippen LogP contribution in [0.4, 0.5) is 0 Å². The van der Waals surface area contributed by atoms with E-state index in [-0.39, 0.29) is 12.3 Å². The number of pyridine rings is 1. The van der Waals surface area contributed by atoms with Crippen molar-refractivity contribution in [2.24, 2.45) is 0 Å². The number of carboxylic acids is 1. The second-order valence-corrected chi connectivity index (χ2v) is 6.69. The molecule has 1 N–H and O–H groups in total. The third kappa shape index (κ3) is 3.75. The molecular formula is C19H18ClN3O3. The zero-order chi connectivity index (χ0) is 18.8. The monoisotopic (exact) mass is 371 g/mol. The Balaban J connectivity index is 1.89. The van der Waals surface area contributed by atoms with Gasteiger partial charge in [-0.05, 0) is 37.0 Å². The first-order valence-corrected chi connectivity index (χ1v) is 8.52. The number of aromatic nitrogens is 3. The molecule has 3 aromatic rings. The molecule has 1 aromatic carbocycles. The summed E-state index contributed by atoms with van der Waals surface area (Å²) >= 11 is 6.10. The molecule has 0 aliphatic carbocycles. The van der Waals surface area contributed by atoms with E-state index >= 15 is 0 Å². The first-order valence-electron chi connectivity index (χ1n) is 8.14. The highest BCUT2D eigenvalue weighted by Crippen LogP contribution is 2.29. The number of carboxylic acid groups (broad SMARTS) is 1. The third-order valence-electron chi connectivity index (χ3n) is 4.24. The Morgan fingerprint density at radius 1 is 1.31 bits per heavy atom. The van der Waals surface area contributed by atoms with E-state index in [1.807, 2.05) is 39.0 Å². The quantitative estimate of drug-likeness (QED) is 0.702. The predicted molar refractivity (Wildman–Crippen MR) is 98.1 cm³/mol. The lowest BCUT2D eigenvalue weighted by Gasteiger charge is -2.11. The molecule has 0 aliphatic rings. The fourth-order valence-electron chi connectivity index (χ4n) is 2.70. The molecule has 0 bridgehead atoms. The van der Waals surface area contributed by atoms with Gasteiger partial charge in [0, 0.05) is 11.8 Å². The molecule has 2 heterocycles. The summed E-state index contributed by atoms with van der Waals surface area (Å²) in [5, 5.41) is 13.5. The number of rotatable bonds is 5. The smallest absolute Gasteiger partial charge is 0.303 e. The number of carbonyl (C=O) groups is 1. The molecule has 2 aromatic heterocycles. The number of benzene rings is 1. The molecule has 0 aliphatic heterocycles. The average Bonchev–Trinajstić information content (AvgIpc) is 3.06. The van der Waals surface area contributed by atoms with E-state index in [4.69, 9.17) is 21.2 Å². The molecule has 3 rings (SSSR count). The van der Waals surface area contributed by atoms with Gasteiger partial charge in [-0.2, -0.15) is 4.98 Å². The minimum absolute atomic E-state index is 0.0677. The summed E-state index contributed by atoms with van der Waals surface area (Å²) < 4.78 is 5.35. The van der Waals surface area contributed by atoms with Crippen LogP contribution in [-0.2, 0) is 4.79 Å². The molecule has 26 heavy (non-hydrogen) atoms. The molecule has 0 radical (unpaired) electrons. The van der Waals surface area contributed by atoms with Gasteiger partial charge in [0.15, 0.2) is 0 Å². The molecule has 0 amide bonds. The molecule has 6 nitrogen and oxygen atoms in total. The molecule has 0 spiro atoms. The maximum absolute atomic E-state index is 10.9. The van der Waals surface area contributed by atoms with Gasteiger partial charge in [-0.15, -0.1) is 0 Å². The van der Waals surface area contributed by atoms with E-state index in [1.165, 1.54) is 0 Å². The van der Waals surface area contributed by atoms with Gasteiger partial charge in [0.2, 0.25) is 5.82 Å². The third-order valence-corrected chi connectivity index (χ3v) is 4.62. The maximum Gasteiger partial charge on any atom is 0.303 e. The van der Waals surface area contributed by atoms with Crippen molar-refractivity contribution in [2.75, 3.05) is 0 Å². The van der Waals surface area contributed by atoms with Crippen LogP contribution < -0.4 is 0 Å². The fraction of sp³-hybridized carbons (Fsp3) is 0.263. The zero-order valence-corrected chi connectivity index (χ0v) is 15.4. The van der Waals surface area contributed by atoms with Gasteiger partial charge in [0.05, 0.1) is 22.7 Å². The van der Waals surface area contributed by atoms with Crippen molar-refractivity contribution < 1.29 is 14.4 Å². The van der Waals surface area contributed by atoms with Crippen molar-refractivity contribution in [3.05, 3.63) is 52.3 Å². The number of aryl methyl sites for hydroxylation is 2. The van der Waals surface area contributed by atoms with E-state index in [0.29, 0.717) is 22.3 Å². The lowest BCUT2D eigenvalue weighted by molar-refractivity contribution is -0.137. The summed E-state index contributed by atoms with van der Waals surface area (Å²) in [6.45, 7) is 5.65. The summed E-state index contributed by atoms with van der Waals surface area (Å²) in [5.41, 5.74) is 4.14. The second-order valence-electron chi connectivity index (χ2n) is 6.29. The van der Waals surface area contributed by atoms with Crippen LogP contribution in [-0.4, -0.2) is 26.2 Å². The number of hydrogen-bond donors (Lipinski definition) is 1. The summed E-state index contributed by atoms with van der Waals surface area (Å²) in [6, 6.07) is 7.49. The minimum Gasteiger partial charge on any atom is -0.481 e. The van der Waals surface area contributed by atoms with E-state index in [1.54, 1.807) is 12.3 Å². The van der Waals surface area contributed by atoms with Crippen molar-refractivity contribution in [3.8, 4) is 22.8 Å². The van der Waals surface area contributed by atoms with Crippen LogP contribution in [0.15, 0.2) is 35.0 Å². The van der Waals surface area contributed by atoms with E-state index in [0.717, 1.165) is 22.4 Å². The number of nitrogens with zero attached hydrogens (tertiary/aromatic N) is 3. The zero-order valence-electron chi connectivity index (χ0n) is 14.7. The van der Waals surface area contributed by atoms with Crippen molar-refractivity contribution in [3.63, 3.8) is 0 Å². The topological polar surface area (TPSA) is 89.1 Å². The highest BCUT2D eigenvalue weighted by Gasteiger charge is 2.16. The summed E-state index contributed by atoms with van der Waals surface area (Å²) in [7, 11) is 0. The standard InChI is InChI=1S/C19H18ClN3O3/c1-10(7-17(24)25)13-4-5-15(11(2)6-13)18-22-19(26-23-18)14-8-16(20)12(3)21-9-14/h4-6,8-10H,7H2,1-3H3,(H,24,25). The number of hydrogen-bond acceptors (Lipinski definition) is 5. The van der Waals surface area contributed by atoms with Crippen LogP contribution in [0.1, 0.15) is 36.1 Å². The lowest BCUT2D eigenvalue weighted by atomic mass is 9.94. The van der Waals surface area contributed by atoms with Crippen molar-refractivity contribution >= 4 is 17.6 Å². The molecule has 134 valence electrons. The van der Waals surface area contributed by atoms with Gasteiger partial charge in [-0.1, -0.05) is 41.9 Å². The SMILES string of the molecule is Cc1cc(C(C)CC(=O)O)ccc1-c1noc(-c2cnc(C)c(Cl)c2)n1. The van der Waals surface area contributed by atoms with Crippen LogP contribution in [0.25, 0.3) is 22.8 Å². The van der Waals surface area contributed by atoms with Crippen LogP contribution >= 0.6 is 11.6 Å².